The van der Waals surface area contributed by atoms with Gasteiger partial charge in [-0.1, -0.05) is 24.3 Å². The lowest BCUT2D eigenvalue weighted by Crippen LogP contribution is -2.23. The zero-order valence-corrected chi connectivity index (χ0v) is 10.9. The van der Waals surface area contributed by atoms with Crippen molar-refractivity contribution in [2.75, 3.05) is 11.9 Å². The van der Waals surface area contributed by atoms with Gasteiger partial charge in [-0.05, 0) is 5.56 Å². The number of carbonyl (C=O) groups excluding carboxylic acids is 1. The van der Waals surface area contributed by atoms with Crippen LogP contribution in [0.2, 0.25) is 0 Å². The Morgan fingerprint density at radius 2 is 1.89 bits per heavy atom. The first-order chi connectivity index (χ1) is 9.11. The molecular weight excluding hydrogens is 242 g/mol. The standard InChI is InChI=1S/C14H15N3O2/c1-10(19)17(2)14-8-15-13(7-16-14)12-5-3-11(9-18)4-6-12/h3-8,18H,9H2,1-2H3. The third-order valence-electron chi connectivity index (χ3n) is 2.89. The normalized spacial score (nSPS) is 10.3. The number of hydrogen-bond donors (Lipinski definition) is 1. The number of hydrogen-bond acceptors (Lipinski definition) is 4. The van der Waals surface area contributed by atoms with Crippen molar-refractivity contribution < 1.29 is 9.90 Å². The van der Waals surface area contributed by atoms with Crippen LogP contribution < -0.4 is 4.90 Å². The number of aliphatic hydroxyl groups is 1. The molecule has 0 saturated carbocycles. The van der Waals surface area contributed by atoms with Gasteiger partial charge in [-0.15, -0.1) is 0 Å². The van der Waals surface area contributed by atoms with Gasteiger partial charge < -0.3 is 5.11 Å². The summed E-state index contributed by atoms with van der Waals surface area (Å²) in [7, 11) is 1.65. The predicted molar refractivity (Wildman–Crippen MR) is 72.5 cm³/mol. The summed E-state index contributed by atoms with van der Waals surface area (Å²) in [5.74, 6) is 0.428. The molecule has 0 atom stereocenters. The fraction of sp³-hybridized carbons (Fsp3) is 0.214. The fourth-order valence-electron chi connectivity index (χ4n) is 1.59. The van der Waals surface area contributed by atoms with E-state index in [1.165, 1.54) is 11.8 Å². The molecule has 0 aliphatic rings. The number of aliphatic hydroxyl groups excluding tert-OH is 1. The lowest BCUT2D eigenvalue weighted by atomic mass is 10.1. The third-order valence-corrected chi connectivity index (χ3v) is 2.89. The molecule has 98 valence electrons. The molecule has 5 nitrogen and oxygen atoms in total. The first-order valence-electron chi connectivity index (χ1n) is 5.88. The summed E-state index contributed by atoms with van der Waals surface area (Å²) in [5, 5.41) is 8.98. The smallest absolute Gasteiger partial charge is 0.224 e. The Morgan fingerprint density at radius 1 is 1.21 bits per heavy atom. The maximum absolute atomic E-state index is 11.2. The average Bonchev–Trinajstić information content (AvgIpc) is 2.46. The summed E-state index contributed by atoms with van der Waals surface area (Å²) in [6.07, 6.45) is 3.19. The van der Waals surface area contributed by atoms with Crippen LogP contribution >= 0.6 is 0 Å². The second-order valence-corrected chi connectivity index (χ2v) is 4.19. The molecule has 0 aliphatic carbocycles. The van der Waals surface area contributed by atoms with Crippen molar-refractivity contribution >= 4 is 11.7 Å². The molecule has 2 rings (SSSR count). The van der Waals surface area contributed by atoms with E-state index in [-0.39, 0.29) is 12.5 Å². The number of aromatic nitrogens is 2. The number of rotatable bonds is 3. The molecule has 0 fully saturated rings. The Balaban J connectivity index is 2.24. The molecule has 0 saturated heterocycles. The van der Waals surface area contributed by atoms with Crippen LogP contribution in [-0.2, 0) is 11.4 Å². The van der Waals surface area contributed by atoms with E-state index in [0.29, 0.717) is 5.82 Å². The first-order valence-corrected chi connectivity index (χ1v) is 5.88. The minimum absolute atomic E-state index is 0.0221. The minimum Gasteiger partial charge on any atom is -0.392 e. The van der Waals surface area contributed by atoms with Crippen molar-refractivity contribution in [2.24, 2.45) is 0 Å². The molecule has 1 amide bonds. The van der Waals surface area contributed by atoms with Crippen LogP contribution in [-0.4, -0.2) is 28.0 Å². The van der Waals surface area contributed by atoms with Gasteiger partial charge in [-0.2, -0.15) is 0 Å². The van der Waals surface area contributed by atoms with Crippen LogP contribution in [0.1, 0.15) is 12.5 Å². The van der Waals surface area contributed by atoms with E-state index >= 15 is 0 Å². The Bertz CT molecular complexity index is 564. The quantitative estimate of drug-likeness (QED) is 0.907. The first kappa shape index (κ1) is 13.2. The van der Waals surface area contributed by atoms with Crippen molar-refractivity contribution in [2.45, 2.75) is 13.5 Å². The van der Waals surface area contributed by atoms with Crippen molar-refractivity contribution in [1.29, 1.82) is 0 Å². The zero-order valence-electron chi connectivity index (χ0n) is 10.9. The predicted octanol–water partition coefficient (Wildman–Crippen LogP) is 1.62. The molecular formula is C14H15N3O2. The van der Waals surface area contributed by atoms with E-state index in [9.17, 15) is 4.79 Å². The van der Waals surface area contributed by atoms with Gasteiger partial charge in [0.25, 0.3) is 0 Å². The number of amides is 1. The second-order valence-electron chi connectivity index (χ2n) is 4.19. The molecule has 1 N–H and O–H groups in total. The summed E-state index contributed by atoms with van der Waals surface area (Å²) >= 11 is 0. The van der Waals surface area contributed by atoms with E-state index < -0.39 is 0 Å². The lowest BCUT2D eigenvalue weighted by Gasteiger charge is -2.13. The molecule has 1 heterocycles. The molecule has 2 aromatic rings. The number of anilines is 1. The second kappa shape index (κ2) is 5.58. The summed E-state index contributed by atoms with van der Waals surface area (Å²) < 4.78 is 0. The van der Waals surface area contributed by atoms with Crippen LogP contribution in [0.3, 0.4) is 0 Å². The van der Waals surface area contributed by atoms with E-state index in [4.69, 9.17) is 5.11 Å². The van der Waals surface area contributed by atoms with Gasteiger partial charge in [0.05, 0.1) is 24.7 Å². The Labute approximate surface area is 111 Å². The van der Waals surface area contributed by atoms with E-state index in [1.54, 1.807) is 19.4 Å². The highest BCUT2D eigenvalue weighted by molar-refractivity contribution is 5.89. The molecule has 1 aromatic heterocycles. The van der Waals surface area contributed by atoms with Gasteiger partial charge in [0.15, 0.2) is 5.82 Å². The molecule has 0 radical (unpaired) electrons. The molecule has 0 spiro atoms. The van der Waals surface area contributed by atoms with Crippen molar-refractivity contribution in [1.82, 2.24) is 9.97 Å². The van der Waals surface area contributed by atoms with Crippen molar-refractivity contribution in [3.8, 4) is 11.3 Å². The van der Waals surface area contributed by atoms with Crippen LogP contribution in [0, 0.1) is 0 Å². The SMILES string of the molecule is CC(=O)N(C)c1cnc(-c2ccc(CO)cc2)cn1. The monoisotopic (exact) mass is 257 g/mol. The molecule has 5 heteroatoms. The number of benzene rings is 1. The maximum Gasteiger partial charge on any atom is 0.224 e. The molecule has 0 bridgehead atoms. The summed E-state index contributed by atoms with van der Waals surface area (Å²) in [4.78, 5) is 21.1. The van der Waals surface area contributed by atoms with Crippen molar-refractivity contribution in [3.05, 3.63) is 42.2 Å². The summed E-state index contributed by atoms with van der Waals surface area (Å²) in [5.41, 5.74) is 2.50. The molecule has 1 aromatic carbocycles. The highest BCUT2D eigenvalue weighted by Crippen LogP contribution is 2.18. The van der Waals surface area contributed by atoms with Crippen LogP contribution in [0.5, 0.6) is 0 Å². The van der Waals surface area contributed by atoms with E-state index in [1.807, 2.05) is 24.3 Å². The van der Waals surface area contributed by atoms with Crippen LogP contribution in [0.15, 0.2) is 36.7 Å². The third kappa shape index (κ3) is 2.95. The Hall–Kier alpha value is -2.27. The number of nitrogens with zero attached hydrogens (tertiary/aromatic N) is 3. The van der Waals surface area contributed by atoms with Crippen molar-refractivity contribution in [3.63, 3.8) is 0 Å². The van der Waals surface area contributed by atoms with E-state index in [0.717, 1.165) is 16.8 Å². The highest BCUT2D eigenvalue weighted by atomic mass is 16.3. The molecule has 0 unspecified atom stereocenters. The Kier molecular flexibility index (Phi) is 3.87. The molecule has 0 aliphatic heterocycles. The maximum atomic E-state index is 11.2. The van der Waals surface area contributed by atoms with E-state index in [2.05, 4.69) is 9.97 Å². The highest BCUT2D eigenvalue weighted by Gasteiger charge is 2.08. The summed E-state index contributed by atoms with van der Waals surface area (Å²) in [6.45, 7) is 1.50. The van der Waals surface area contributed by atoms with Gasteiger partial charge >= 0.3 is 0 Å². The van der Waals surface area contributed by atoms with Gasteiger partial charge in [-0.25, -0.2) is 4.98 Å². The topological polar surface area (TPSA) is 66.3 Å². The fourth-order valence-corrected chi connectivity index (χ4v) is 1.59. The van der Waals surface area contributed by atoms with Crippen LogP contribution in [0.25, 0.3) is 11.3 Å². The average molecular weight is 257 g/mol. The largest absolute Gasteiger partial charge is 0.392 e. The van der Waals surface area contributed by atoms with Gasteiger partial charge in [-0.3, -0.25) is 14.7 Å². The summed E-state index contributed by atoms with van der Waals surface area (Å²) in [6, 6.07) is 7.44. The molecule has 19 heavy (non-hydrogen) atoms. The minimum atomic E-state index is -0.0886. The van der Waals surface area contributed by atoms with Gasteiger partial charge in [0, 0.05) is 19.5 Å². The zero-order chi connectivity index (χ0) is 13.8. The Morgan fingerprint density at radius 3 is 2.37 bits per heavy atom. The van der Waals surface area contributed by atoms with Crippen LogP contribution in [0.4, 0.5) is 5.82 Å². The lowest BCUT2D eigenvalue weighted by molar-refractivity contribution is -0.116. The van der Waals surface area contributed by atoms with Gasteiger partial charge in [0.2, 0.25) is 5.91 Å². The number of carbonyl (C=O) groups is 1. The van der Waals surface area contributed by atoms with Gasteiger partial charge in [0.1, 0.15) is 0 Å².